The molecule has 0 fully saturated rings. The summed E-state index contributed by atoms with van der Waals surface area (Å²) >= 11 is 6.16. The van der Waals surface area contributed by atoms with Crippen molar-refractivity contribution in [1.29, 1.82) is 0 Å². The minimum Gasteiger partial charge on any atom is -0.493 e. The third kappa shape index (κ3) is 4.87. The van der Waals surface area contributed by atoms with E-state index in [2.05, 4.69) is 5.32 Å². The predicted molar refractivity (Wildman–Crippen MR) is 97.5 cm³/mol. The highest BCUT2D eigenvalue weighted by molar-refractivity contribution is 6.32. The number of halogens is 1. The van der Waals surface area contributed by atoms with Gasteiger partial charge in [0.2, 0.25) is 0 Å². The van der Waals surface area contributed by atoms with E-state index in [0.29, 0.717) is 41.8 Å². The summed E-state index contributed by atoms with van der Waals surface area (Å²) in [6, 6.07) is 11.0. The van der Waals surface area contributed by atoms with Gasteiger partial charge in [-0.15, -0.1) is 0 Å². The van der Waals surface area contributed by atoms with Crippen LogP contribution >= 0.6 is 11.6 Å². The molecule has 0 bridgehead atoms. The van der Waals surface area contributed by atoms with Crippen molar-refractivity contribution in [2.24, 2.45) is 0 Å². The molecule has 0 aliphatic rings. The van der Waals surface area contributed by atoms with E-state index < -0.39 is 0 Å². The number of carbonyl (C=O) groups is 1. The van der Waals surface area contributed by atoms with Crippen molar-refractivity contribution in [3.63, 3.8) is 0 Å². The van der Waals surface area contributed by atoms with Gasteiger partial charge < -0.3 is 19.5 Å². The van der Waals surface area contributed by atoms with Crippen LogP contribution in [0.4, 0.5) is 0 Å². The average molecular weight is 364 g/mol. The molecule has 0 saturated carbocycles. The van der Waals surface area contributed by atoms with Gasteiger partial charge in [-0.2, -0.15) is 0 Å². The van der Waals surface area contributed by atoms with Crippen LogP contribution in [-0.4, -0.2) is 26.7 Å². The first-order valence-electron chi connectivity index (χ1n) is 7.95. The number of ether oxygens (including phenoxy) is 3. The fraction of sp³-hybridized carbons (Fsp3) is 0.316. The van der Waals surface area contributed by atoms with Crippen molar-refractivity contribution >= 4 is 17.5 Å². The topological polar surface area (TPSA) is 56.8 Å². The van der Waals surface area contributed by atoms with E-state index in [9.17, 15) is 4.79 Å². The van der Waals surface area contributed by atoms with Crippen LogP contribution < -0.4 is 14.8 Å². The molecule has 0 saturated heterocycles. The summed E-state index contributed by atoms with van der Waals surface area (Å²) in [6.07, 6.45) is 0. The first-order chi connectivity index (χ1) is 12.1. The lowest BCUT2D eigenvalue weighted by molar-refractivity contribution is 0.0949. The normalized spacial score (nSPS) is 10.4. The molecule has 2 aromatic carbocycles. The molecule has 0 spiro atoms. The molecule has 0 aliphatic carbocycles. The van der Waals surface area contributed by atoms with E-state index in [1.54, 1.807) is 12.1 Å². The Morgan fingerprint density at radius 2 is 1.84 bits per heavy atom. The van der Waals surface area contributed by atoms with Crippen LogP contribution in [-0.2, 0) is 17.9 Å². The Balaban J connectivity index is 2.12. The Morgan fingerprint density at radius 3 is 2.48 bits per heavy atom. The van der Waals surface area contributed by atoms with Crippen molar-refractivity contribution in [2.45, 2.75) is 20.1 Å². The van der Waals surface area contributed by atoms with E-state index in [1.807, 2.05) is 31.2 Å². The van der Waals surface area contributed by atoms with Crippen LogP contribution in [0, 0.1) is 0 Å². The summed E-state index contributed by atoms with van der Waals surface area (Å²) < 4.78 is 15.9. The predicted octanol–water partition coefficient (Wildman–Crippen LogP) is 3.82. The van der Waals surface area contributed by atoms with E-state index in [1.165, 1.54) is 14.2 Å². The van der Waals surface area contributed by atoms with Crippen LogP contribution in [0.15, 0.2) is 36.4 Å². The van der Waals surface area contributed by atoms with Crippen molar-refractivity contribution in [3.8, 4) is 11.5 Å². The average Bonchev–Trinajstić information content (AvgIpc) is 2.64. The third-order valence-electron chi connectivity index (χ3n) is 3.72. The molecule has 1 amide bonds. The Hall–Kier alpha value is -2.24. The maximum atomic E-state index is 12.5. The van der Waals surface area contributed by atoms with E-state index in [0.717, 1.165) is 11.1 Å². The SMILES string of the molecule is CCOCc1ccccc1CNC(=O)c1cc(Cl)c(OC)c(OC)c1. The summed E-state index contributed by atoms with van der Waals surface area (Å²) in [6.45, 7) is 3.51. The Morgan fingerprint density at radius 1 is 1.12 bits per heavy atom. The molecule has 0 aromatic heterocycles. The first kappa shape index (κ1) is 19.1. The van der Waals surface area contributed by atoms with Gasteiger partial charge >= 0.3 is 0 Å². The minimum atomic E-state index is -0.242. The van der Waals surface area contributed by atoms with E-state index >= 15 is 0 Å². The molecule has 0 unspecified atom stereocenters. The number of nitrogens with one attached hydrogen (secondary N) is 1. The highest BCUT2D eigenvalue weighted by atomic mass is 35.5. The molecule has 2 aromatic rings. The van der Waals surface area contributed by atoms with Gasteiger partial charge in [0.05, 0.1) is 25.8 Å². The fourth-order valence-corrected chi connectivity index (χ4v) is 2.70. The lowest BCUT2D eigenvalue weighted by Gasteiger charge is -2.13. The zero-order valence-corrected chi connectivity index (χ0v) is 15.4. The summed E-state index contributed by atoms with van der Waals surface area (Å²) in [5.74, 6) is 0.578. The number of hydrogen-bond donors (Lipinski definition) is 1. The van der Waals surface area contributed by atoms with Gasteiger partial charge in [-0.1, -0.05) is 35.9 Å². The highest BCUT2D eigenvalue weighted by Gasteiger charge is 2.15. The second-order valence-electron chi connectivity index (χ2n) is 5.28. The molecule has 5 nitrogen and oxygen atoms in total. The summed E-state index contributed by atoms with van der Waals surface area (Å²) in [5, 5.41) is 3.22. The Kier molecular flexibility index (Phi) is 7.10. The second kappa shape index (κ2) is 9.30. The van der Waals surface area contributed by atoms with Gasteiger partial charge in [-0.05, 0) is 30.2 Å². The van der Waals surface area contributed by atoms with Crippen LogP contribution in [0.5, 0.6) is 11.5 Å². The van der Waals surface area contributed by atoms with Crippen LogP contribution in [0.3, 0.4) is 0 Å². The van der Waals surface area contributed by atoms with Gasteiger partial charge in [0.25, 0.3) is 5.91 Å². The Bertz CT molecular complexity index is 733. The van der Waals surface area contributed by atoms with Crippen molar-refractivity contribution in [2.75, 3.05) is 20.8 Å². The number of benzene rings is 2. The van der Waals surface area contributed by atoms with Gasteiger partial charge in [0, 0.05) is 18.7 Å². The van der Waals surface area contributed by atoms with Gasteiger partial charge in [0.1, 0.15) is 0 Å². The molecular formula is C19H22ClNO4. The largest absolute Gasteiger partial charge is 0.493 e. The molecule has 0 radical (unpaired) electrons. The quantitative estimate of drug-likeness (QED) is 0.774. The van der Waals surface area contributed by atoms with E-state index in [4.69, 9.17) is 25.8 Å². The minimum absolute atomic E-state index is 0.242. The molecular weight excluding hydrogens is 342 g/mol. The molecule has 6 heteroatoms. The maximum absolute atomic E-state index is 12.5. The third-order valence-corrected chi connectivity index (χ3v) is 4.00. The van der Waals surface area contributed by atoms with Crippen LogP contribution in [0.2, 0.25) is 5.02 Å². The number of hydrogen-bond acceptors (Lipinski definition) is 4. The number of amides is 1. The molecule has 134 valence electrons. The standard InChI is InChI=1S/C19H22ClNO4/c1-4-25-12-14-8-6-5-7-13(14)11-21-19(22)15-9-16(20)18(24-3)17(10-15)23-2/h5-10H,4,11-12H2,1-3H3,(H,21,22). The van der Waals surface area contributed by atoms with Crippen LogP contribution in [0.25, 0.3) is 0 Å². The van der Waals surface area contributed by atoms with Crippen molar-refractivity contribution in [1.82, 2.24) is 5.32 Å². The van der Waals surface area contributed by atoms with Crippen LogP contribution in [0.1, 0.15) is 28.4 Å². The number of carbonyl (C=O) groups excluding carboxylic acids is 1. The first-order valence-corrected chi connectivity index (χ1v) is 8.32. The van der Waals surface area contributed by atoms with Crippen molar-refractivity contribution in [3.05, 3.63) is 58.1 Å². The maximum Gasteiger partial charge on any atom is 0.251 e. The molecule has 25 heavy (non-hydrogen) atoms. The molecule has 2 rings (SSSR count). The number of methoxy groups -OCH3 is 2. The zero-order chi connectivity index (χ0) is 18.2. The van der Waals surface area contributed by atoms with Gasteiger partial charge in [0.15, 0.2) is 11.5 Å². The molecule has 1 N–H and O–H groups in total. The van der Waals surface area contributed by atoms with Crippen molar-refractivity contribution < 1.29 is 19.0 Å². The summed E-state index contributed by atoms with van der Waals surface area (Å²) in [5.41, 5.74) is 2.47. The van der Waals surface area contributed by atoms with E-state index in [-0.39, 0.29) is 5.91 Å². The summed E-state index contributed by atoms with van der Waals surface area (Å²) in [4.78, 5) is 12.5. The number of rotatable bonds is 8. The monoisotopic (exact) mass is 363 g/mol. The summed E-state index contributed by atoms with van der Waals surface area (Å²) in [7, 11) is 3.00. The lowest BCUT2D eigenvalue weighted by atomic mass is 10.1. The zero-order valence-electron chi connectivity index (χ0n) is 14.6. The fourth-order valence-electron chi connectivity index (χ4n) is 2.41. The lowest BCUT2D eigenvalue weighted by Crippen LogP contribution is -2.23. The smallest absolute Gasteiger partial charge is 0.251 e. The van der Waals surface area contributed by atoms with Gasteiger partial charge in [-0.3, -0.25) is 4.79 Å². The molecule has 0 aliphatic heterocycles. The molecule has 0 heterocycles. The molecule has 0 atom stereocenters. The Labute approximate surface area is 152 Å². The van der Waals surface area contributed by atoms with Gasteiger partial charge in [-0.25, -0.2) is 0 Å². The highest BCUT2D eigenvalue weighted by Crippen LogP contribution is 2.35. The second-order valence-corrected chi connectivity index (χ2v) is 5.69.